The van der Waals surface area contributed by atoms with Gasteiger partial charge < -0.3 is 14.4 Å². The molecule has 0 N–H and O–H groups in total. The molecule has 0 bridgehead atoms. The summed E-state index contributed by atoms with van der Waals surface area (Å²) in [5, 5.41) is 4.80. The summed E-state index contributed by atoms with van der Waals surface area (Å²) in [6.07, 6.45) is 3.91. The summed E-state index contributed by atoms with van der Waals surface area (Å²) in [6.45, 7) is 17.9. The van der Waals surface area contributed by atoms with Crippen LogP contribution in [0.15, 0.2) is 126 Å². The quantitative estimate of drug-likeness (QED) is 0.163. The van der Waals surface area contributed by atoms with Gasteiger partial charge in [0.2, 0.25) is 0 Å². The van der Waals surface area contributed by atoms with Gasteiger partial charge >= 0.3 is 0 Å². The van der Waals surface area contributed by atoms with Crippen LogP contribution in [-0.4, -0.2) is 9.97 Å². The van der Waals surface area contributed by atoms with Crippen molar-refractivity contribution < 1.29 is 24.5 Å². The fraction of sp³-hybridized carbons (Fsp3) is 0.224. The van der Waals surface area contributed by atoms with Gasteiger partial charge in [-0.05, 0) is 72.9 Å². The fourth-order valence-electron chi connectivity index (χ4n) is 7.58. The van der Waals surface area contributed by atoms with Crippen molar-refractivity contribution in [3.05, 3.63) is 156 Å². The second-order valence-corrected chi connectivity index (χ2v) is 16.6. The molecule has 0 amide bonds. The van der Waals surface area contributed by atoms with Crippen molar-refractivity contribution in [2.45, 2.75) is 71.6 Å². The van der Waals surface area contributed by atoms with E-state index >= 15 is 0 Å². The van der Waals surface area contributed by atoms with Crippen LogP contribution >= 0.6 is 0 Å². The summed E-state index contributed by atoms with van der Waals surface area (Å²) < 4.78 is 6.02. The summed E-state index contributed by atoms with van der Waals surface area (Å²) in [6, 6.07) is 45.1. The van der Waals surface area contributed by atoms with Crippen molar-refractivity contribution in [1.29, 1.82) is 0 Å². The predicted octanol–water partition coefficient (Wildman–Crippen LogP) is 13.0. The summed E-state index contributed by atoms with van der Waals surface area (Å²) >= 11 is 0. The van der Waals surface area contributed by atoms with Crippen molar-refractivity contribution in [3.8, 4) is 33.6 Å². The maximum absolute atomic E-state index is 6.02. The van der Waals surface area contributed by atoms with E-state index in [1.807, 2.05) is 30.6 Å². The van der Waals surface area contributed by atoms with E-state index in [-0.39, 0.29) is 36.4 Å². The maximum atomic E-state index is 6.02. The van der Waals surface area contributed by atoms with Crippen LogP contribution in [0.2, 0.25) is 0 Å². The van der Waals surface area contributed by atoms with E-state index in [0.717, 1.165) is 44.5 Å². The molecule has 1 aliphatic carbocycles. The first-order valence-electron chi connectivity index (χ1n) is 18.2. The number of hydrogen-bond acceptors (Lipinski definition) is 3. The molecule has 3 heterocycles. The van der Waals surface area contributed by atoms with E-state index in [2.05, 4.69) is 164 Å². The molecule has 9 rings (SSSR count). The number of nitrogens with zero attached hydrogens (tertiary/aromatic N) is 2. The zero-order valence-corrected chi connectivity index (χ0v) is 34.1. The number of benzene rings is 5. The molecule has 0 unspecified atom stereocenters. The number of rotatable bonds is 2. The van der Waals surface area contributed by atoms with E-state index in [1.54, 1.807) is 0 Å². The Labute approximate surface area is 326 Å². The van der Waals surface area contributed by atoms with Gasteiger partial charge in [-0.3, -0.25) is 0 Å². The molecule has 1 aliphatic rings. The molecule has 53 heavy (non-hydrogen) atoms. The Kier molecular flexibility index (Phi) is 9.29. The zero-order chi connectivity index (χ0) is 36.4. The predicted molar refractivity (Wildman–Crippen MR) is 217 cm³/mol. The van der Waals surface area contributed by atoms with Gasteiger partial charge in [-0.2, -0.15) is 0 Å². The van der Waals surface area contributed by atoms with Gasteiger partial charge in [-0.15, -0.1) is 59.2 Å². The first kappa shape index (κ1) is 36.5. The Balaban J connectivity index is 0.000000180. The Morgan fingerprint density at radius 2 is 1.32 bits per heavy atom. The molecule has 4 heteroatoms. The average Bonchev–Trinajstić information content (AvgIpc) is 3.63. The van der Waals surface area contributed by atoms with Crippen molar-refractivity contribution in [1.82, 2.24) is 9.97 Å². The molecule has 0 saturated carbocycles. The summed E-state index contributed by atoms with van der Waals surface area (Å²) in [5.41, 5.74) is 13.8. The molecule has 3 aromatic heterocycles. The van der Waals surface area contributed by atoms with Crippen LogP contribution in [0.25, 0.3) is 66.4 Å². The number of aromatic nitrogens is 2. The molecular weight excluding hydrogens is 825 g/mol. The number of fused-ring (bicyclic) bond motifs is 8. The Hall–Kier alpha value is -4.89. The van der Waals surface area contributed by atoms with E-state index in [1.165, 1.54) is 44.2 Å². The van der Waals surface area contributed by atoms with Crippen LogP contribution in [0.1, 0.15) is 77.6 Å². The average molecular weight is 869 g/mol. The molecule has 5 aromatic carbocycles. The number of pyridine rings is 2. The Morgan fingerprint density at radius 1 is 0.623 bits per heavy atom. The van der Waals surface area contributed by atoms with E-state index < -0.39 is 0 Å². The van der Waals surface area contributed by atoms with Gasteiger partial charge in [0.15, 0.2) is 0 Å². The molecule has 267 valence electrons. The molecule has 8 aromatic rings. The first-order chi connectivity index (χ1) is 24.8. The smallest absolute Gasteiger partial charge is 0.120 e. The van der Waals surface area contributed by atoms with Gasteiger partial charge in [0, 0.05) is 43.3 Å². The molecular formula is C49H44IrN2O-2. The van der Waals surface area contributed by atoms with Crippen molar-refractivity contribution in [3.63, 3.8) is 0 Å². The van der Waals surface area contributed by atoms with Gasteiger partial charge in [-0.1, -0.05) is 128 Å². The van der Waals surface area contributed by atoms with Crippen molar-refractivity contribution >= 4 is 32.7 Å². The largest absolute Gasteiger partial charge is 0.500 e. The first-order valence-corrected chi connectivity index (χ1v) is 18.2. The minimum Gasteiger partial charge on any atom is -0.500 e. The molecule has 0 aliphatic heterocycles. The van der Waals surface area contributed by atoms with Gasteiger partial charge in [0.05, 0.1) is 5.58 Å². The van der Waals surface area contributed by atoms with Crippen LogP contribution in [0.4, 0.5) is 0 Å². The third-order valence-electron chi connectivity index (χ3n) is 10.6. The second kappa shape index (κ2) is 13.5. The zero-order valence-electron chi connectivity index (χ0n) is 31.7. The van der Waals surface area contributed by atoms with Gasteiger partial charge in [-0.25, -0.2) is 0 Å². The van der Waals surface area contributed by atoms with Crippen molar-refractivity contribution in [2.75, 3.05) is 0 Å². The van der Waals surface area contributed by atoms with E-state index in [9.17, 15) is 0 Å². The monoisotopic (exact) mass is 869 g/mol. The molecule has 0 saturated heterocycles. The van der Waals surface area contributed by atoms with Crippen LogP contribution in [-0.2, 0) is 36.4 Å². The van der Waals surface area contributed by atoms with E-state index in [0.29, 0.717) is 0 Å². The maximum Gasteiger partial charge on any atom is 0.120 e. The SMILES string of the molecule is CC(C)(C)c1c[c-]c(-c2ccc(C(C)(C)C)cn2)cc1.CC1(C)c2ccc3ccccc3c2-c2ccnc(-c3[c-]cc4oc5ccccc5c4c3)c21.[Ir]. The Bertz CT molecular complexity index is 2540. The third-order valence-corrected chi connectivity index (χ3v) is 10.6. The number of para-hydroxylation sites is 1. The minimum absolute atomic E-state index is 0. The summed E-state index contributed by atoms with van der Waals surface area (Å²) in [7, 11) is 0. The van der Waals surface area contributed by atoms with Gasteiger partial charge in [0.25, 0.3) is 0 Å². The number of hydrogen-bond donors (Lipinski definition) is 0. The summed E-state index contributed by atoms with van der Waals surface area (Å²) in [4.78, 5) is 9.46. The topological polar surface area (TPSA) is 38.9 Å². The van der Waals surface area contributed by atoms with Crippen LogP contribution < -0.4 is 0 Å². The van der Waals surface area contributed by atoms with Gasteiger partial charge in [0.1, 0.15) is 5.58 Å². The molecule has 1 radical (unpaired) electrons. The number of furan rings is 1. The molecule has 0 spiro atoms. The molecule has 0 atom stereocenters. The third kappa shape index (κ3) is 6.54. The van der Waals surface area contributed by atoms with Crippen LogP contribution in [0, 0.1) is 12.1 Å². The van der Waals surface area contributed by atoms with Crippen LogP contribution in [0.5, 0.6) is 0 Å². The Morgan fingerprint density at radius 3 is 2.02 bits per heavy atom. The fourth-order valence-corrected chi connectivity index (χ4v) is 7.58. The van der Waals surface area contributed by atoms with Crippen molar-refractivity contribution in [2.24, 2.45) is 0 Å². The molecule has 3 nitrogen and oxygen atoms in total. The molecule has 0 fully saturated rings. The standard InChI is InChI=1S/C30H20NO.C19H24N.Ir/c1-30(2)24-13-11-18-7-3-4-8-20(18)27(24)22-15-16-31-29(28(22)30)19-12-14-26-23(17-19)21-9-5-6-10-25(21)32-26;1-18(2,3)15-9-7-14(8-10-15)17-12-11-16(13-20-17)19(4,5)6;/h3-11,13-17H,1-2H3;7,9-13H,1-6H3;/q2*-1;. The van der Waals surface area contributed by atoms with E-state index in [4.69, 9.17) is 9.40 Å². The second-order valence-electron chi connectivity index (χ2n) is 16.6. The minimum atomic E-state index is -0.153. The van der Waals surface area contributed by atoms with Crippen LogP contribution in [0.3, 0.4) is 0 Å². The normalized spacial score (nSPS) is 13.3. The summed E-state index contributed by atoms with van der Waals surface area (Å²) in [5.74, 6) is 0.